The average Bonchev–Trinajstić information content (AvgIpc) is 2.46. The summed E-state index contributed by atoms with van der Waals surface area (Å²) in [5, 5.41) is 0.466. The molecule has 0 radical (unpaired) electrons. The standard InChI is InChI=1S/C8H5ClF3N3/c9-7-13-3-5-1-2-15(6(5)14-7)4-8(10,11)12/h1-3H,4H2. The van der Waals surface area contributed by atoms with E-state index in [4.69, 9.17) is 11.6 Å². The Hall–Kier alpha value is -1.30. The van der Waals surface area contributed by atoms with Crippen LogP contribution in [0.15, 0.2) is 18.5 Å². The van der Waals surface area contributed by atoms with Crippen molar-refractivity contribution in [2.45, 2.75) is 12.7 Å². The number of rotatable bonds is 1. The first-order valence-corrected chi connectivity index (χ1v) is 4.38. The van der Waals surface area contributed by atoms with Gasteiger partial charge in [0.15, 0.2) is 0 Å². The van der Waals surface area contributed by atoms with Gasteiger partial charge in [-0.25, -0.2) is 4.98 Å². The van der Waals surface area contributed by atoms with Crippen LogP contribution in [0.2, 0.25) is 5.28 Å². The second-order valence-corrected chi connectivity index (χ2v) is 3.31. The lowest BCUT2D eigenvalue weighted by molar-refractivity contribution is -0.139. The highest BCUT2D eigenvalue weighted by Gasteiger charge is 2.28. The molecule has 15 heavy (non-hydrogen) atoms. The Morgan fingerprint density at radius 3 is 2.80 bits per heavy atom. The van der Waals surface area contributed by atoms with Gasteiger partial charge in [-0.15, -0.1) is 0 Å². The Balaban J connectivity index is 2.48. The molecular formula is C8H5ClF3N3. The molecule has 2 rings (SSSR count). The van der Waals surface area contributed by atoms with Crippen LogP contribution in [-0.2, 0) is 6.54 Å². The first-order valence-electron chi connectivity index (χ1n) is 4.00. The first-order chi connectivity index (χ1) is 6.96. The van der Waals surface area contributed by atoms with Crippen molar-refractivity contribution in [1.29, 1.82) is 0 Å². The van der Waals surface area contributed by atoms with Gasteiger partial charge in [0.1, 0.15) is 12.2 Å². The molecule has 0 aromatic carbocycles. The van der Waals surface area contributed by atoms with Gasteiger partial charge in [0.2, 0.25) is 5.28 Å². The number of fused-ring (bicyclic) bond motifs is 1. The number of hydrogen-bond donors (Lipinski definition) is 0. The summed E-state index contributed by atoms with van der Waals surface area (Å²) in [4.78, 5) is 7.41. The van der Waals surface area contributed by atoms with E-state index < -0.39 is 12.7 Å². The summed E-state index contributed by atoms with van der Waals surface area (Å²) in [5.41, 5.74) is 0.187. The quantitative estimate of drug-likeness (QED) is 0.712. The van der Waals surface area contributed by atoms with Crippen LogP contribution in [0.5, 0.6) is 0 Å². The molecule has 2 heterocycles. The van der Waals surface area contributed by atoms with Crippen molar-refractivity contribution in [3.05, 3.63) is 23.7 Å². The molecule has 7 heteroatoms. The van der Waals surface area contributed by atoms with Crippen LogP contribution in [0.25, 0.3) is 11.0 Å². The van der Waals surface area contributed by atoms with Gasteiger partial charge in [0.05, 0.1) is 0 Å². The van der Waals surface area contributed by atoms with Crippen molar-refractivity contribution in [2.75, 3.05) is 0 Å². The van der Waals surface area contributed by atoms with Gasteiger partial charge >= 0.3 is 6.18 Å². The lowest BCUT2D eigenvalue weighted by Crippen LogP contribution is -2.17. The number of aromatic nitrogens is 3. The van der Waals surface area contributed by atoms with Crippen molar-refractivity contribution < 1.29 is 13.2 Å². The number of nitrogens with zero attached hydrogens (tertiary/aromatic N) is 3. The Bertz CT molecular complexity index is 491. The van der Waals surface area contributed by atoms with E-state index in [0.717, 1.165) is 4.57 Å². The highest BCUT2D eigenvalue weighted by Crippen LogP contribution is 2.21. The first kappa shape index (κ1) is 10.2. The fraction of sp³-hybridized carbons (Fsp3) is 0.250. The Labute approximate surface area is 87.5 Å². The summed E-state index contributed by atoms with van der Waals surface area (Å²) >= 11 is 5.50. The van der Waals surface area contributed by atoms with Gasteiger partial charge in [0, 0.05) is 17.8 Å². The topological polar surface area (TPSA) is 30.7 Å². The SMILES string of the molecule is FC(F)(F)Cn1ccc2cnc(Cl)nc21. The Kier molecular flexibility index (Phi) is 2.30. The third-order valence-electron chi connectivity index (χ3n) is 1.82. The van der Waals surface area contributed by atoms with E-state index in [-0.39, 0.29) is 10.9 Å². The van der Waals surface area contributed by atoms with Gasteiger partial charge < -0.3 is 4.57 Å². The molecule has 0 amide bonds. The van der Waals surface area contributed by atoms with Crippen molar-refractivity contribution in [2.24, 2.45) is 0 Å². The van der Waals surface area contributed by atoms with E-state index in [9.17, 15) is 13.2 Å². The van der Waals surface area contributed by atoms with E-state index in [1.54, 1.807) is 0 Å². The molecule has 2 aromatic rings. The molecule has 0 unspecified atom stereocenters. The molecule has 0 N–H and O–H groups in total. The number of halogens is 4. The van der Waals surface area contributed by atoms with Crippen LogP contribution in [0.4, 0.5) is 13.2 Å². The van der Waals surface area contributed by atoms with Gasteiger partial charge in [-0.1, -0.05) is 0 Å². The second kappa shape index (κ2) is 3.37. The molecule has 0 saturated heterocycles. The van der Waals surface area contributed by atoms with E-state index in [0.29, 0.717) is 5.39 Å². The van der Waals surface area contributed by atoms with Crippen molar-refractivity contribution in [3.63, 3.8) is 0 Å². The molecule has 0 aliphatic carbocycles. The van der Waals surface area contributed by atoms with Crippen molar-refractivity contribution >= 4 is 22.6 Å². The summed E-state index contributed by atoms with van der Waals surface area (Å²) in [6, 6.07) is 1.51. The Morgan fingerprint density at radius 1 is 1.40 bits per heavy atom. The normalized spacial score (nSPS) is 12.3. The molecule has 0 bridgehead atoms. The van der Waals surface area contributed by atoms with E-state index in [2.05, 4.69) is 9.97 Å². The average molecular weight is 236 g/mol. The summed E-state index contributed by atoms with van der Waals surface area (Å²) < 4.78 is 37.4. The monoisotopic (exact) mass is 235 g/mol. The van der Waals surface area contributed by atoms with Crippen LogP contribution in [-0.4, -0.2) is 20.7 Å². The van der Waals surface area contributed by atoms with Gasteiger partial charge in [-0.3, -0.25) is 0 Å². The van der Waals surface area contributed by atoms with Crippen LogP contribution in [0.3, 0.4) is 0 Å². The summed E-state index contributed by atoms with van der Waals surface area (Å²) in [6.07, 6.45) is -1.58. The predicted octanol–water partition coefficient (Wildman–Crippen LogP) is 2.65. The summed E-state index contributed by atoms with van der Waals surface area (Å²) in [7, 11) is 0. The van der Waals surface area contributed by atoms with Gasteiger partial charge in [-0.05, 0) is 17.7 Å². The minimum absolute atomic E-state index is 0.0652. The summed E-state index contributed by atoms with van der Waals surface area (Å²) in [6.45, 7) is -1.08. The molecule has 0 atom stereocenters. The zero-order valence-electron chi connectivity index (χ0n) is 7.29. The lowest BCUT2D eigenvalue weighted by Gasteiger charge is -2.07. The number of alkyl halides is 3. The second-order valence-electron chi connectivity index (χ2n) is 2.98. The third-order valence-corrected chi connectivity index (χ3v) is 2.00. The molecular weight excluding hydrogens is 231 g/mol. The maximum Gasteiger partial charge on any atom is 0.406 e. The molecule has 0 aliphatic rings. The molecule has 0 fully saturated rings. The van der Waals surface area contributed by atoms with Crippen LogP contribution >= 0.6 is 11.6 Å². The smallest absolute Gasteiger partial charge is 0.323 e. The zero-order chi connectivity index (χ0) is 11.1. The zero-order valence-corrected chi connectivity index (χ0v) is 8.05. The molecule has 3 nitrogen and oxygen atoms in total. The largest absolute Gasteiger partial charge is 0.406 e. The molecule has 2 aromatic heterocycles. The molecule has 0 spiro atoms. The minimum Gasteiger partial charge on any atom is -0.323 e. The maximum absolute atomic E-state index is 12.2. The minimum atomic E-state index is -4.27. The van der Waals surface area contributed by atoms with E-state index in [1.807, 2.05) is 0 Å². The lowest BCUT2D eigenvalue weighted by atomic mass is 10.4. The van der Waals surface area contributed by atoms with Crippen LogP contribution in [0.1, 0.15) is 0 Å². The third kappa shape index (κ3) is 2.20. The molecule has 0 aliphatic heterocycles. The molecule has 80 valence electrons. The highest BCUT2D eigenvalue weighted by molar-refractivity contribution is 6.28. The van der Waals surface area contributed by atoms with Crippen LogP contribution in [0, 0.1) is 0 Å². The van der Waals surface area contributed by atoms with Gasteiger partial charge in [0.25, 0.3) is 0 Å². The van der Waals surface area contributed by atoms with E-state index in [1.165, 1.54) is 18.5 Å². The number of hydrogen-bond acceptors (Lipinski definition) is 2. The van der Waals surface area contributed by atoms with Gasteiger partial charge in [-0.2, -0.15) is 18.2 Å². The fourth-order valence-electron chi connectivity index (χ4n) is 1.27. The maximum atomic E-state index is 12.2. The Morgan fingerprint density at radius 2 is 2.13 bits per heavy atom. The van der Waals surface area contributed by atoms with Crippen LogP contribution < -0.4 is 0 Å². The van der Waals surface area contributed by atoms with E-state index >= 15 is 0 Å². The van der Waals surface area contributed by atoms with Crippen molar-refractivity contribution in [3.8, 4) is 0 Å². The summed E-state index contributed by atoms with van der Waals surface area (Å²) in [5.74, 6) is 0. The molecule has 0 saturated carbocycles. The fourth-order valence-corrected chi connectivity index (χ4v) is 1.40. The van der Waals surface area contributed by atoms with Crippen molar-refractivity contribution in [1.82, 2.24) is 14.5 Å². The highest BCUT2D eigenvalue weighted by atomic mass is 35.5. The predicted molar refractivity (Wildman–Crippen MR) is 48.6 cm³/mol.